The molecule has 1 N–H and O–H groups in total. The van der Waals surface area contributed by atoms with Crippen LogP contribution in [0.1, 0.15) is 10.4 Å². The predicted octanol–water partition coefficient (Wildman–Crippen LogP) is 6.46. The highest BCUT2D eigenvalue weighted by Gasteiger charge is 2.16. The highest BCUT2D eigenvalue weighted by atomic mass is 35.5. The van der Waals surface area contributed by atoms with Gasteiger partial charge in [-0.3, -0.25) is 4.79 Å². The molecule has 3 nitrogen and oxygen atoms in total. The van der Waals surface area contributed by atoms with Crippen LogP contribution in [-0.2, 0) is 0 Å². The van der Waals surface area contributed by atoms with Crippen molar-refractivity contribution in [2.75, 3.05) is 5.32 Å². The zero-order valence-electron chi connectivity index (χ0n) is 14.1. The summed E-state index contributed by atoms with van der Waals surface area (Å²) in [5, 5.41) is 4.37. The Kier molecular flexibility index (Phi) is 4.80. The zero-order chi connectivity index (χ0) is 18.8. The molecule has 0 spiro atoms. The Balaban J connectivity index is 1.84. The van der Waals surface area contributed by atoms with Crippen LogP contribution in [0, 0.1) is 0 Å². The fraction of sp³-hybridized carbons (Fsp3) is 0. The molecule has 4 aromatic rings. The molecule has 0 saturated carbocycles. The minimum absolute atomic E-state index is 0.291. The van der Waals surface area contributed by atoms with Crippen molar-refractivity contribution in [3.05, 3.63) is 94.5 Å². The van der Waals surface area contributed by atoms with Crippen molar-refractivity contribution in [2.45, 2.75) is 0 Å². The van der Waals surface area contributed by atoms with Crippen molar-refractivity contribution in [3.63, 3.8) is 0 Å². The number of carbonyl (C=O) groups excluding carboxylic acids is 1. The maximum Gasteiger partial charge on any atom is 0.256 e. The smallest absolute Gasteiger partial charge is 0.256 e. The summed E-state index contributed by atoms with van der Waals surface area (Å²) in [5.74, 6) is -0.291. The van der Waals surface area contributed by atoms with E-state index in [-0.39, 0.29) is 5.91 Å². The largest absolute Gasteiger partial charge is 0.319 e. The fourth-order valence-electron chi connectivity index (χ4n) is 2.92. The SMILES string of the molecule is O=C(Nc1c(Cl)cccc1Cl)c1cc(-c2ccccc2)nc2ccccc12. The fourth-order valence-corrected chi connectivity index (χ4v) is 3.41. The summed E-state index contributed by atoms with van der Waals surface area (Å²) >= 11 is 12.4. The van der Waals surface area contributed by atoms with E-state index in [1.54, 1.807) is 24.3 Å². The zero-order valence-corrected chi connectivity index (χ0v) is 15.6. The average Bonchev–Trinajstić information content (AvgIpc) is 2.70. The second-order valence-electron chi connectivity index (χ2n) is 5.99. The van der Waals surface area contributed by atoms with E-state index < -0.39 is 0 Å². The van der Waals surface area contributed by atoms with Gasteiger partial charge in [0, 0.05) is 10.9 Å². The number of hydrogen-bond donors (Lipinski definition) is 1. The van der Waals surface area contributed by atoms with Gasteiger partial charge in [-0.2, -0.15) is 0 Å². The van der Waals surface area contributed by atoms with Crippen molar-refractivity contribution in [2.24, 2.45) is 0 Å². The van der Waals surface area contributed by atoms with E-state index in [1.807, 2.05) is 54.6 Å². The number of anilines is 1. The van der Waals surface area contributed by atoms with Gasteiger partial charge < -0.3 is 5.32 Å². The monoisotopic (exact) mass is 392 g/mol. The number of benzene rings is 3. The van der Waals surface area contributed by atoms with E-state index in [1.165, 1.54) is 0 Å². The Morgan fingerprint density at radius 3 is 2.22 bits per heavy atom. The van der Waals surface area contributed by atoms with Crippen LogP contribution in [0.4, 0.5) is 5.69 Å². The Morgan fingerprint density at radius 2 is 1.48 bits per heavy atom. The lowest BCUT2D eigenvalue weighted by Gasteiger charge is -2.12. The van der Waals surface area contributed by atoms with Crippen LogP contribution in [0.15, 0.2) is 78.9 Å². The molecule has 0 aliphatic carbocycles. The highest BCUT2D eigenvalue weighted by molar-refractivity contribution is 6.40. The molecule has 5 heteroatoms. The molecule has 4 rings (SSSR count). The van der Waals surface area contributed by atoms with E-state index in [9.17, 15) is 4.79 Å². The molecule has 0 radical (unpaired) electrons. The Labute approximate surface area is 166 Å². The number of aromatic nitrogens is 1. The first-order valence-electron chi connectivity index (χ1n) is 8.34. The van der Waals surface area contributed by atoms with Crippen LogP contribution in [-0.4, -0.2) is 10.9 Å². The molecule has 0 aliphatic rings. The van der Waals surface area contributed by atoms with Gasteiger partial charge in [-0.05, 0) is 24.3 Å². The maximum atomic E-state index is 13.1. The second-order valence-corrected chi connectivity index (χ2v) is 6.80. The lowest BCUT2D eigenvalue weighted by atomic mass is 10.0. The molecular weight excluding hydrogens is 379 g/mol. The van der Waals surface area contributed by atoms with Gasteiger partial charge in [0.05, 0.1) is 32.5 Å². The third kappa shape index (κ3) is 3.52. The lowest BCUT2D eigenvalue weighted by molar-refractivity contribution is 0.102. The van der Waals surface area contributed by atoms with E-state index in [2.05, 4.69) is 5.32 Å². The summed E-state index contributed by atoms with van der Waals surface area (Å²) in [4.78, 5) is 17.8. The summed E-state index contributed by atoms with van der Waals surface area (Å²) in [7, 11) is 0. The molecule has 0 fully saturated rings. The predicted molar refractivity (Wildman–Crippen MR) is 112 cm³/mol. The van der Waals surface area contributed by atoms with Gasteiger partial charge in [-0.25, -0.2) is 4.98 Å². The van der Waals surface area contributed by atoms with Crippen molar-refractivity contribution < 1.29 is 4.79 Å². The minimum Gasteiger partial charge on any atom is -0.319 e. The summed E-state index contributed by atoms with van der Waals surface area (Å²) in [6, 6.07) is 24.2. The van der Waals surface area contributed by atoms with Crippen LogP contribution in [0.3, 0.4) is 0 Å². The number of fused-ring (bicyclic) bond motifs is 1. The lowest BCUT2D eigenvalue weighted by Crippen LogP contribution is -2.13. The number of halogens is 2. The molecule has 0 atom stereocenters. The summed E-state index contributed by atoms with van der Waals surface area (Å²) in [5.41, 5.74) is 3.32. The van der Waals surface area contributed by atoms with Gasteiger partial charge in [0.15, 0.2) is 0 Å². The van der Waals surface area contributed by atoms with Crippen LogP contribution < -0.4 is 5.32 Å². The molecular formula is C22H14Cl2N2O. The number of nitrogens with zero attached hydrogens (tertiary/aromatic N) is 1. The number of para-hydroxylation sites is 2. The van der Waals surface area contributed by atoms with Crippen molar-refractivity contribution in [1.82, 2.24) is 4.98 Å². The van der Waals surface area contributed by atoms with Gasteiger partial charge in [0.2, 0.25) is 0 Å². The van der Waals surface area contributed by atoms with E-state index >= 15 is 0 Å². The normalized spacial score (nSPS) is 10.7. The third-order valence-electron chi connectivity index (χ3n) is 4.23. The van der Waals surface area contributed by atoms with Crippen LogP contribution >= 0.6 is 23.2 Å². The van der Waals surface area contributed by atoms with Gasteiger partial charge in [0.1, 0.15) is 0 Å². The molecule has 132 valence electrons. The molecule has 0 saturated heterocycles. The number of pyridine rings is 1. The van der Waals surface area contributed by atoms with Gasteiger partial charge in [-0.15, -0.1) is 0 Å². The van der Waals surface area contributed by atoms with Gasteiger partial charge in [-0.1, -0.05) is 77.8 Å². The summed E-state index contributed by atoms with van der Waals surface area (Å²) in [6.45, 7) is 0. The van der Waals surface area contributed by atoms with Crippen LogP contribution in [0.2, 0.25) is 10.0 Å². The summed E-state index contributed by atoms with van der Waals surface area (Å²) < 4.78 is 0. The first-order valence-corrected chi connectivity index (χ1v) is 9.09. The first kappa shape index (κ1) is 17.5. The standard InChI is InChI=1S/C22H14Cl2N2O/c23-17-10-6-11-18(24)21(17)26-22(27)16-13-20(14-7-2-1-3-8-14)25-19-12-5-4-9-15(16)19/h1-13H,(H,26,27). The summed E-state index contributed by atoms with van der Waals surface area (Å²) in [6.07, 6.45) is 0. The molecule has 0 aliphatic heterocycles. The third-order valence-corrected chi connectivity index (χ3v) is 4.86. The Bertz CT molecular complexity index is 1120. The quantitative estimate of drug-likeness (QED) is 0.434. The molecule has 1 heterocycles. The van der Waals surface area contributed by atoms with Crippen LogP contribution in [0.5, 0.6) is 0 Å². The van der Waals surface area contributed by atoms with Crippen molar-refractivity contribution >= 4 is 45.7 Å². The first-order chi connectivity index (χ1) is 13.1. The number of nitrogens with one attached hydrogen (secondary N) is 1. The van der Waals surface area contributed by atoms with Crippen molar-refractivity contribution in [3.8, 4) is 11.3 Å². The molecule has 27 heavy (non-hydrogen) atoms. The number of rotatable bonds is 3. The molecule has 1 amide bonds. The van der Waals surface area contributed by atoms with Crippen LogP contribution in [0.25, 0.3) is 22.2 Å². The maximum absolute atomic E-state index is 13.1. The highest BCUT2D eigenvalue weighted by Crippen LogP contribution is 2.31. The van der Waals surface area contributed by atoms with Gasteiger partial charge >= 0.3 is 0 Å². The molecule has 3 aromatic carbocycles. The Morgan fingerprint density at radius 1 is 0.815 bits per heavy atom. The van der Waals surface area contributed by atoms with E-state index in [0.717, 1.165) is 22.2 Å². The molecule has 0 bridgehead atoms. The second kappa shape index (κ2) is 7.39. The average molecular weight is 393 g/mol. The van der Waals surface area contributed by atoms with E-state index in [0.29, 0.717) is 21.3 Å². The molecule has 0 unspecified atom stereocenters. The number of carbonyl (C=O) groups is 1. The van der Waals surface area contributed by atoms with Gasteiger partial charge in [0.25, 0.3) is 5.91 Å². The van der Waals surface area contributed by atoms with E-state index in [4.69, 9.17) is 28.2 Å². The number of hydrogen-bond acceptors (Lipinski definition) is 2. The van der Waals surface area contributed by atoms with Crippen molar-refractivity contribution in [1.29, 1.82) is 0 Å². The minimum atomic E-state index is -0.291. The Hall–Kier alpha value is -2.88. The number of amides is 1. The molecule has 1 aromatic heterocycles. The topological polar surface area (TPSA) is 42.0 Å².